The normalized spacial score (nSPS) is 10.3. The van der Waals surface area contributed by atoms with Gasteiger partial charge >= 0.3 is 5.97 Å². The molecule has 23 heavy (non-hydrogen) atoms. The molecule has 1 heterocycles. The maximum Gasteiger partial charge on any atom is 0.344 e. The highest BCUT2D eigenvalue weighted by atomic mass is 32.2. The smallest absolute Gasteiger partial charge is 0.344 e. The lowest BCUT2D eigenvalue weighted by molar-refractivity contribution is -0.124. The van der Waals surface area contributed by atoms with Crippen LogP contribution >= 0.6 is 11.8 Å². The third kappa shape index (κ3) is 5.14. The summed E-state index contributed by atoms with van der Waals surface area (Å²) in [7, 11) is 0. The van der Waals surface area contributed by atoms with E-state index < -0.39 is 5.97 Å². The minimum absolute atomic E-state index is 0.275. The van der Waals surface area contributed by atoms with Crippen LogP contribution in [0, 0.1) is 13.8 Å². The van der Waals surface area contributed by atoms with Gasteiger partial charge in [-0.25, -0.2) is 4.79 Å². The number of esters is 1. The summed E-state index contributed by atoms with van der Waals surface area (Å²) in [6.07, 6.45) is 0. The number of rotatable bonds is 7. The third-order valence-electron chi connectivity index (χ3n) is 3.01. The highest BCUT2D eigenvalue weighted by Crippen LogP contribution is 2.16. The van der Waals surface area contributed by atoms with E-state index in [0.717, 1.165) is 10.6 Å². The Kier molecular flexibility index (Phi) is 6.22. The molecule has 122 valence electrons. The summed E-state index contributed by atoms with van der Waals surface area (Å²) in [4.78, 5) is 24.7. The van der Waals surface area contributed by atoms with E-state index in [1.807, 2.05) is 30.3 Å². The molecule has 1 N–H and O–H groups in total. The largest absolute Gasteiger partial charge is 0.452 e. The van der Waals surface area contributed by atoms with Gasteiger partial charge in [-0.3, -0.25) is 4.79 Å². The fraction of sp³-hybridized carbons (Fsp3) is 0.312. The molecule has 0 spiro atoms. The molecular formula is C16H18N2O4S. The van der Waals surface area contributed by atoms with E-state index in [9.17, 15) is 9.59 Å². The van der Waals surface area contributed by atoms with Crippen molar-refractivity contribution < 1.29 is 18.8 Å². The number of nitrogens with one attached hydrogen (secondary N) is 1. The zero-order chi connectivity index (χ0) is 16.7. The van der Waals surface area contributed by atoms with Crippen LogP contribution in [0.25, 0.3) is 0 Å². The number of aryl methyl sites for hydroxylation is 2. The number of aromatic nitrogens is 1. The van der Waals surface area contributed by atoms with E-state index >= 15 is 0 Å². The van der Waals surface area contributed by atoms with E-state index in [2.05, 4.69) is 10.5 Å². The van der Waals surface area contributed by atoms with E-state index in [4.69, 9.17) is 9.26 Å². The van der Waals surface area contributed by atoms with E-state index in [-0.39, 0.29) is 18.1 Å². The summed E-state index contributed by atoms with van der Waals surface area (Å²) >= 11 is 1.65. The standard InChI is InChI=1S/C16H18N2O4S/c1-11-15(12(2)22-18-11)16(20)21-10-14(19)17-8-9-23-13-6-4-3-5-7-13/h3-7H,8-10H2,1-2H3,(H,17,19). The molecule has 0 unspecified atom stereocenters. The van der Waals surface area contributed by atoms with Crippen LogP contribution in [0.15, 0.2) is 39.8 Å². The van der Waals surface area contributed by atoms with Crippen LogP contribution in [0.2, 0.25) is 0 Å². The summed E-state index contributed by atoms with van der Waals surface area (Å²) in [6, 6.07) is 9.92. The summed E-state index contributed by atoms with van der Waals surface area (Å²) in [5.41, 5.74) is 0.726. The van der Waals surface area contributed by atoms with Crippen molar-refractivity contribution in [2.45, 2.75) is 18.7 Å². The van der Waals surface area contributed by atoms with Gasteiger partial charge in [0.1, 0.15) is 11.3 Å². The highest BCUT2D eigenvalue weighted by molar-refractivity contribution is 7.99. The van der Waals surface area contributed by atoms with Gasteiger partial charge in [-0.05, 0) is 26.0 Å². The first-order chi connectivity index (χ1) is 11.1. The molecule has 2 rings (SSSR count). The first-order valence-electron chi connectivity index (χ1n) is 7.12. The number of thioether (sulfide) groups is 1. The number of amides is 1. The number of ether oxygens (including phenoxy) is 1. The van der Waals surface area contributed by atoms with Gasteiger partial charge in [-0.15, -0.1) is 11.8 Å². The molecule has 1 amide bonds. The topological polar surface area (TPSA) is 81.4 Å². The number of hydrogen-bond acceptors (Lipinski definition) is 6. The Bertz CT molecular complexity index is 650. The first-order valence-corrected chi connectivity index (χ1v) is 8.11. The molecule has 0 saturated heterocycles. The van der Waals surface area contributed by atoms with Gasteiger partial charge in [0.25, 0.3) is 5.91 Å². The van der Waals surface area contributed by atoms with Gasteiger partial charge in [-0.2, -0.15) is 0 Å². The molecule has 0 atom stereocenters. The van der Waals surface area contributed by atoms with Crippen molar-refractivity contribution in [3.63, 3.8) is 0 Å². The lowest BCUT2D eigenvalue weighted by Gasteiger charge is -2.06. The lowest BCUT2D eigenvalue weighted by atomic mass is 10.2. The fourth-order valence-electron chi connectivity index (χ4n) is 1.90. The summed E-state index contributed by atoms with van der Waals surface area (Å²) in [5.74, 6) is 0.189. The second kappa shape index (κ2) is 8.38. The first kappa shape index (κ1) is 17.1. The van der Waals surface area contributed by atoms with Crippen molar-refractivity contribution in [1.29, 1.82) is 0 Å². The van der Waals surface area contributed by atoms with Crippen LogP contribution in [0.3, 0.4) is 0 Å². The van der Waals surface area contributed by atoms with Crippen molar-refractivity contribution in [2.24, 2.45) is 0 Å². The van der Waals surface area contributed by atoms with Crippen LogP contribution in [-0.4, -0.2) is 35.9 Å². The molecule has 2 aromatic rings. The van der Waals surface area contributed by atoms with E-state index in [0.29, 0.717) is 18.0 Å². The van der Waals surface area contributed by atoms with Crippen molar-refractivity contribution in [2.75, 3.05) is 18.9 Å². The molecule has 0 fully saturated rings. The minimum Gasteiger partial charge on any atom is -0.452 e. The molecule has 1 aromatic heterocycles. The van der Waals surface area contributed by atoms with Crippen molar-refractivity contribution >= 4 is 23.6 Å². The Hall–Kier alpha value is -2.28. The molecule has 0 bridgehead atoms. The molecule has 7 heteroatoms. The molecule has 0 radical (unpaired) electrons. The zero-order valence-electron chi connectivity index (χ0n) is 13.0. The van der Waals surface area contributed by atoms with Crippen LogP contribution in [-0.2, 0) is 9.53 Å². The van der Waals surface area contributed by atoms with Gasteiger partial charge in [0, 0.05) is 17.2 Å². The van der Waals surface area contributed by atoms with Gasteiger partial charge in [0.15, 0.2) is 6.61 Å². The molecule has 6 nitrogen and oxygen atoms in total. The Balaban J connectivity index is 1.66. The number of carbonyl (C=O) groups is 2. The lowest BCUT2D eigenvalue weighted by Crippen LogP contribution is -2.30. The number of nitrogens with zero attached hydrogens (tertiary/aromatic N) is 1. The van der Waals surface area contributed by atoms with Crippen molar-refractivity contribution in [3.8, 4) is 0 Å². The summed E-state index contributed by atoms with van der Waals surface area (Å²) in [5, 5.41) is 6.38. The monoisotopic (exact) mass is 334 g/mol. The molecular weight excluding hydrogens is 316 g/mol. The third-order valence-corrected chi connectivity index (χ3v) is 4.02. The Labute approximate surface area is 138 Å². The predicted molar refractivity (Wildman–Crippen MR) is 86.4 cm³/mol. The quantitative estimate of drug-likeness (QED) is 0.475. The predicted octanol–water partition coefficient (Wildman–Crippen LogP) is 2.36. The van der Waals surface area contributed by atoms with E-state index in [1.54, 1.807) is 25.6 Å². The summed E-state index contributed by atoms with van der Waals surface area (Å²) in [6.45, 7) is 3.45. The van der Waals surface area contributed by atoms with E-state index in [1.165, 1.54) is 0 Å². The second-order valence-corrected chi connectivity index (χ2v) is 5.96. The van der Waals surface area contributed by atoms with Crippen LogP contribution in [0.5, 0.6) is 0 Å². The minimum atomic E-state index is -0.602. The Morgan fingerprint density at radius 3 is 2.65 bits per heavy atom. The Morgan fingerprint density at radius 1 is 1.26 bits per heavy atom. The van der Waals surface area contributed by atoms with Gasteiger partial charge < -0.3 is 14.6 Å². The van der Waals surface area contributed by atoms with Crippen molar-refractivity contribution in [1.82, 2.24) is 10.5 Å². The maximum absolute atomic E-state index is 11.9. The van der Waals surface area contributed by atoms with Crippen LogP contribution < -0.4 is 5.32 Å². The summed E-state index contributed by atoms with van der Waals surface area (Å²) < 4.78 is 9.86. The average Bonchev–Trinajstić information content (AvgIpc) is 2.89. The second-order valence-electron chi connectivity index (χ2n) is 4.79. The molecule has 0 saturated carbocycles. The van der Waals surface area contributed by atoms with Crippen molar-refractivity contribution in [3.05, 3.63) is 47.3 Å². The molecule has 0 aliphatic heterocycles. The number of hydrogen-bond donors (Lipinski definition) is 1. The van der Waals surface area contributed by atoms with Crippen LogP contribution in [0.1, 0.15) is 21.8 Å². The molecule has 1 aromatic carbocycles. The zero-order valence-corrected chi connectivity index (χ0v) is 13.8. The van der Waals surface area contributed by atoms with Gasteiger partial charge in [0.2, 0.25) is 0 Å². The van der Waals surface area contributed by atoms with Crippen LogP contribution in [0.4, 0.5) is 0 Å². The maximum atomic E-state index is 11.9. The number of carbonyl (C=O) groups excluding carboxylic acids is 2. The SMILES string of the molecule is Cc1noc(C)c1C(=O)OCC(=O)NCCSc1ccccc1. The van der Waals surface area contributed by atoms with Gasteiger partial charge in [0.05, 0.1) is 5.69 Å². The average molecular weight is 334 g/mol. The van der Waals surface area contributed by atoms with Gasteiger partial charge in [-0.1, -0.05) is 23.4 Å². The Morgan fingerprint density at radius 2 is 2.00 bits per heavy atom. The molecule has 0 aliphatic rings. The number of benzene rings is 1. The highest BCUT2D eigenvalue weighted by Gasteiger charge is 2.19. The molecule has 0 aliphatic carbocycles. The fourth-order valence-corrected chi connectivity index (χ4v) is 2.69.